The van der Waals surface area contributed by atoms with Crippen molar-refractivity contribution in [3.05, 3.63) is 64.7 Å². The standard InChI is InChI=1S/C29H39N3O5/c1-18-14-15-22(20(3)16-18)25(26(34)30-23-13-8-7-10-19(23)2)32(21-11-9-12-21)27(35)24(17-33)31-28(36)37-29(4,5)6/h7-8,10,13-16,21,24-25,33H,9,11-12,17H2,1-6H3,(H,30,34)(H,31,36). The predicted molar refractivity (Wildman–Crippen MR) is 143 cm³/mol. The fourth-order valence-electron chi connectivity index (χ4n) is 4.46. The second kappa shape index (κ2) is 11.8. The monoisotopic (exact) mass is 509 g/mol. The van der Waals surface area contributed by atoms with Crippen LogP contribution in [0.25, 0.3) is 0 Å². The highest BCUT2D eigenvalue weighted by molar-refractivity contribution is 5.99. The minimum atomic E-state index is -1.25. The first kappa shape index (κ1) is 28.2. The molecule has 200 valence electrons. The molecule has 0 radical (unpaired) electrons. The quantitative estimate of drug-likeness (QED) is 0.484. The molecule has 1 aliphatic carbocycles. The predicted octanol–water partition coefficient (Wildman–Crippen LogP) is 4.56. The fraction of sp³-hybridized carbons (Fsp3) is 0.483. The zero-order chi connectivity index (χ0) is 27.3. The number of carbonyl (C=O) groups is 3. The lowest BCUT2D eigenvalue weighted by Gasteiger charge is -2.43. The zero-order valence-electron chi connectivity index (χ0n) is 22.6. The largest absolute Gasteiger partial charge is 0.444 e. The van der Waals surface area contributed by atoms with E-state index in [0.717, 1.165) is 36.0 Å². The Labute approximate surface area is 219 Å². The van der Waals surface area contributed by atoms with Gasteiger partial charge in [-0.2, -0.15) is 0 Å². The number of rotatable bonds is 8. The Morgan fingerprint density at radius 2 is 1.73 bits per heavy atom. The number of para-hydroxylation sites is 1. The normalized spacial score (nSPS) is 15.2. The van der Waals surface area contributed by atoms with Crippen LogP contribution in [0.2, 0.25) is 0 Å². The molecule has 0 spiro atoms. The lowest BCUT2D eigenvalue weighted by Crippen LogP contribution is -2.58. The molecule has 8 nitrogen and oxygen atoms in total. The number of nitrogens with zero attached hydrogens (tertiary/aromatic N) is 1. The molecule has 8 heteroatoms. The summed E-state index contributed by atoms with van der Waals surface area (Å²) in [5, 5.41) is 15.6. The third-order valence-corrected chi connectivity index (χ3v) is 6.54. The molecule has 0 bridgehead atoms. The summed E-state index contributed by atoms with van der Waals surface area (Å²) in [6.45, 7) is 10.3. The molecule has 3 amide bonds. The Morgan fingerprint density at radius 1 is 1.05 bits per heavy atom. The molecular weight excluding hydrogens is 470 g/mol. The van der Waals surface area contributed by atoms with Crippen LogP contribution in [-0.2, 0) is 14.3 Å². The van der Waals surface area contributed by atoms with E-state index >= 15 is 0 Å². The van der Waals surface area contributed by atoms with Crippen molar-refractivity contribution in [1.82, 2.24) is 10.2 Å². The number of benzene rings is 2. The molecule has 37 heavy (non-hydrogen) atoms. The molecule has 0 heterocycles. The van der Waals surface area contributed by atoms with E-state index in [4.69, 9.17) is 4.74 Å². The van der Waals surface area contributed by atoms with E-state index in [0.29, 0.717) is 11.3 Å². The summed E-state index contributed by atoms with van der Waals surface area (Å²) < 4.78 is 5.31. The third-order valence-electron chi connectivity index (χ3n) is 6.54. The SMILES string of the molecule is Cc1ccc(C(C(=O)Nc2ccccc2C)N(C(=O)C(CO)NC(=O)OC(C)(C)C)C2CCC2)c(C)c1. The van der Waals surface area contributed by atoms with E-state index in [9.17, 15) is 19.5 Å². The van der Waals surface area contributed by atoms with Gasteiger partial charge in [0.2, 0.25) is 5.91 Å². The maximum Gasteiger partial charge on any atom is 0.408 e. The lowest BCUT2D eigenvalue weighted by atomic mass is 9.87. The van der Waals surface area contributed by atoms with Gasteiger partial charge >= 0.3 is 6.09 Å². The summed E-state index contributed by atoms with van der Waals surface area (Å²) >= 11 is 0. The van der Waals surface area contributed by atoms with Crippen molar-refractivity contribution in [3.63, 3.8) is 0 Å². The van der Waals surface area contributed by atoms with Crippen molar-refractivity contribution in [2.45, 2.75) is 84.5 Å². The summed E-state index contributed by atoms with van der Waals surface area (Å²) in [6.07, 6.45) is 1.59. The van der Waals surface area contributed by atoms with Crippen molar-refractivity contribution in [2.75, 3.05) is 11.9 Å². The van der Waals surface area contributed by atoms with E-state index in [1.165, 1.54) is 0 Å². The fourth-order valence-corrected chi connectivity index (χ4v) is 4.46. The molecule has 3 rings (SSSR count). The maximum absolute atomic E-state index is 13.9. The van der Waals surface area contributed by atoms with Gasteiger partial charge in [0.05, 0.1) is 6.61 Å². The minimum absolute atomic E-state index is 0.199. The summed E-state index contributed by atoms with van der Waals surface area (Å²) in [5.74, 6) is -0.876. The molecule has 3 N–H and O–H groups in total. The van der Waals surface area contributed by atoms with Gasteiger partial charge in [-0.1, -0.05) is 42.0 Å². The Bertz CT molecular complexity index is 1140. The molecule has 0 aliphatic heterocycles. The van der Waals surface area contributed by atoms with Crippen LogP contribution in [0.3, 0.4) is 0 Å². The molecule has 1 saturated carbocycles. The summed E-state index contributed by atoms with van der Waals surface area (Å²) in [7, 11) is 0. The number of anilines is 1. The van der Waals surface area contributed by atoms with Crippen LogP contribution in [0.5, 0.6) is 0 Å². The van der Waals surface area contributed by atoms with Crippen LogP contribution < -0.4 is 10.6 Å². The van der Waals surface area contributed by atoms with Crippen molar-refractivity contribution >= 4 is 23.6 Å². The topological polar surface area (TPSA) is 108 Å². The van der Waals surface area contributed by atoms with Crippen LogP contribution >= 0.6 is 0 Å². The van der Waals surface area contributed by atoms with Gasteiger partial charge in [-0.25, -0.2) is 4.79 Å². The molecular formula is C29H39N3O5. The molecule has 2 aromatic carbocycles. The summed E-state index contributed by atoms with van der Waals surface area (Å²) in [5.41, 5.74) is 3.41. The Kier molecular flexibility index (Phi) is 8.97. The Balaban J connectivity index is 2.02. The van der Waals surface area contributed by atoms with E-state index < -0.39 is 36.3 Å². The summed E-state index contributed by atoms with van der Waals surface area (Å²) in [4.78, 5) is 41.9. The molecule has 0 saturated heterocycles. The van der Waals surface area contributed by atoms with E-state index in [-0.39, 0.29) is 11.9 Å². The highest BCUT2D eigenvalue weighted by atomic mass is 16.6. The number of ether oxygens (including phenoxy) is 1. The van der Waals surface area contributed by atoms with Crippen LogP contribution in [0.4, 0.5) is 10.5 Å². The number of nitrogens with one attached hydrogen (secondary N) is 2. The first-order chi connectivity index (χ1) is 17.4. The first-order valence-electron chi connectivity index (χ1n) is 12.8. The van der Waals surface area contributed by atoms with Crippen molar-refractivity contribution in [1.29, 1.82) is 0 Å². The number of alkyl carbamates (subject to hydrolysis) is 1. The number of amides is 3. The average Bonchev–Trinajstić information content (AvgIpc) is 2.77. The van der Waals surface area contributed by atoms with Crippen molar-refractivity contribution < 1.29 is 24.2 Å². The molecule has 1 fully saturated rings. The second-order valence-electron chi connectivity index (χ2n) is 10.8. The van der Waals surface area contributed by atoms with Gasteiger partial charge in [0.15, 0.2) is 0 Å². The number of aryl methyl sites for hydroxylation is 3. The van der Waals surface area contributed by atoms with Gasteiger partial charge < -0.3 is 25.4 Å². The zero-order valence-corrected chi connectivity index (χ0v) is 22.6. The summed E-state index contributed by atoms with van der Waals surface area (Å²) in [6, 6.07) is 10.8. The van der Waals surface area contributed by atoms with E-state index in [1.54, 1.807) is 25.7 Å². The third kappa shape index (κ3) is 7.10. The van der Waals surface area contributed by atoms with Gasteiger partial charge in [-0.3, -0.25) is 9.59 Å². The van der Waals surface area contributed by atoms with Gasteiger partial charge in [-0.15, -0.1) is 0 Å². The Morgan fingerprint density at radius 3 is 2.27 bits per heavy atom. The van der Waals surface area contributed by atoms with Crippen LogP contribution in [-0.4, -0.2) is 52.2 Å². The minimum Gasteiger partial charge on any atom is -0.444 e. The van der Waals surface area contributed by atoms with Crippen LogP contribution in [0.1, 0.15) is 68.3 Å². The highest BCUT2D eigenvalue weighted by Gasteiger charge is 2.42. The van der Waals surface area contributed by atoms with Crippen molar-refractivity contribution in [3.8, 4) is 0 Å². The van der Waals surface area contributed by atoms with E-state index in [1.807, 2.05) is 63.2 Å². The van der Waals surface area contributed by atoms with Crippen molar-refractivity contribution in [2.24, 2.45) is 0 Å². The number of hydrogen-bond donors (Lipinski definition) is 3. The number of hydrogen-bond acceptors (Lipinski definition) is 5. The smallest absolute Gasteiger partial charge is 0.408 e. The molecule has 2 atom stereocenters. The van der Waals surface area contributed by atoms with Crippen LogP contribution in [0.15, 0.2) is 42.5 Å². The number of carbonyl (C=O) groups excluding carboxylic acids is 3. The number of aliphatic hydroxyl groups excluding tert-OH is 1. The van der Waals surface area contributed by atoms with Gasteiger partial charge in [-0.05, 0) is 83.6 Å². The van der Waals surface area contributed by atoms with Gasteiger partial charge in [0.25, 0.3) is 5.91 Å². The van der Waals surface area contributed by atoms with Gasteiger partial charge in [0, 0.05) is 11.7 Å². The maximum atomic E-state index is 13.9. The Hall–Kier alpha value is -3.39. The van der Waals surface area contributed by atoms with E-state index in [2.05, 4.69) is 10.6 Å². The molecule has 2 unspecified atom stereocenters. The number of aliphatic hydroxyl groups is 1. The average molecular weight is 510 g/mol. The molecule has 0 aromatic heterocycles. The second-order valence-corrected chi connectivity index (χ2v) is 10.8. The van der Waals surface area contributed by atoms with Gasteiger partial charge in [0.1, 0.15) is 17.7 Å². The molecule has 2 aromatic rings. The van der Waals surface area contributed by atoms with Crippen LogP contribution in [0, 0.1) is 20.8 Å². The first-order valence-corrected chi connectivity index (χ1v) is 12.8. The highest BCUT2D eigenvalue weighted by Crippen LogP contribution is 2.35. The molecule has 1 aliphatic rings. The lowest BCUT2D eigenvalue weighted by molar-refractivity contribution is -0.146.